The second-order valence-corrected chi connectivity index (χ2v) is 5.30. The number of hydrogen-bond acceptors (Lipinski definition) is 2. The van der Waals surface area contributed by atoms with Crippen LogP contribution in [0.5, 0.6) is 0 Å². The van der Waals surface area contributed by atoms with Gasteiger partial charge < -0.3 is 5.32 Å². The molecule has 15 heavy (non-hydrogen) atoms. The highest BCUT2D eigenvalue weighted by atomic mass is 79.9. The van der Waals surface area contributed by atoms with E-state index in [0.717, 1.165) is 21.9 Å². The van der Waals surface area contributed by atoms with Crippen molar-refractivity contribution in [2.75, 3.05) is 5.32 Å². The molecule has 3 heteroatoms. The van der Waals surface area contributed by atoms with Crippen LogP contribution in [0.1, 0.15) is 31.9 Å². The highest BCUT2D eigenvalue weighted by molar-refractivity contribution is 9.10. The van der Waals surface area contributed by atoms with Crippen LogP contribution in [0.4, 0.5) is 5.69 Å². The molecule has 82 valence electrons. The van der Waals surface area contributed by atoms with Crippen molar-refractivity contribution >= 4 is 21.6 Å². The molecule has 1 aliphatic rings. The number of aromatic nitrogens is 1. The Morgan fingerprint density at radius 3 is 2.87 bits per heavy atom. The zero-order valence-corrected chi connectivity index (χ0v) is 10.8. The van der Waals surface area contributed by atoms with Crippen molar-refractivity contribution in [3.63, 3.8) is 0 Å². The summed E-state index contributed by atoms with van der Waals surface area (Å²) < 4.78 is 0.903. The maximum absolute atomic E-state index is 4.38. The third-order valence-electron chi connectivity index (χ3n) is 2.84. The maximum atomic E-state index is 4.38. The molecule has 0 saturated heterocycles. The van der Waals surface area contributed by atoms with Gasteiger partial charge in [-0.3, -0.25) is 0 Å². The summed E-state index contributed by atoms with van der Waals surface area (Å²) in [5.41, 5.74) is 2.22. The molecule has 1 saturated carbocycles. The van der Waals surface area contributed by atoms with Crippen LogP contribution in [-0.4, -0.2) is 11.0 Å². The number of halogens is 1. The molecule has 2 nitrogen and oxygen atoms in total. The summed E-state index contributed by atoms with van der Waals surface area (Å²) in [6, 6.07) is 4.63. The lowest BCUT2D eigenvalue weighted by Gasteiger charge is -2.16. The molecule has 2 rings (SSSR count). The molecule has 1 aromatic heterocycles. The summed E-state index contributed by atoms with van der Waals surface area (Å²) in [5.74, 6) is 0.969. The van der Waals surface area contributed by atoms with Gasteiger partial charge in [-0.1, -0.05) is 12.8 Å². The number of anilines is 1. The molecule has 1 unspecified atom stereocenters. The fraction of sp³-hybridized carbons (Fsp3) is 0.583. The first-order valence-corrected chi connectivity index (χ1v) is 6.34. The van der Waals surface area contributed by atoms with Crippen molar-refractivity contribution in [1.82, 2.24) is 4.98 Å². The summed E-state index contributed by atoms with van der Waals surface area (Å²) in [6.45, 7) is 4.29. The molecule has 1 heterocycles. The van der Waals surface area contributed by atoms with Crippen LogP contribution in [0.3, 0.4) is 0 Å². The van der Waals surface area contributed by atoms with Crippen LogP contribution in [0, 0.1) is 12.8 Å². The summed E-state index contributed by atoms with van der Waals surface area (Å²) in [6.07, 6.45) is 4.13. The van der Waals surface area contributed by atoms with E-state index >= 15 is 0 Å². The SMILES string of the molecule is Cc1nc(Br)ccc1NC(C)CC1CC1. The smallest absolute Gasteiger partial charge is 0.106 e. The molecule has 1 atom stereocenters. The molecule has 0 amide bonds. The van der Waals surface area contributed by atoms with E-state index in [1.807, 2.05) is 13.0 Å². The minimum Gasteiger partial charge on any atom is -0.381 e. The molecule has 1 aromatic rings. The van der Waals surface area contributed by atoms with Gasteiger partial charge >= 0.3 is 0 Å². The minimum absolute atomic E-state index is 0.555. The van der Waals surface area contributed by atoms with Gasteiger partial charge in [-0.2, -0.15) is 0 Å². The monoisotopic (exact) mass is 268 g/mol. The first-order valence-electron chi connectivity index (χ1n) is 5.55. The Morgan fingerprint density at radius 1 is 1.53 bits per heavy atom. The van der Waals surface area contributed by atoms with Gasteiger partial charge in [-0.05, 0) is 54.2 Å². The van der Waals surface area contributed by atoms with Crippen LogP contribution < -0.4 is 5.32 Å². The number of rotatable bonds is 4. The Hall–Kier alpha value is -0.570. The lowest BCUT2D eigenvalue weighted by Crippen LogP contribution is -2.16. The Bertz CT molecular complexity index is 347. The van der Waals surface area contributed by atoms with Crippen LogP contribution >= 0.6 is 15.9 Å². The third-order valence-corrected chi connectivity index (χ3v) is 3.28. The highest BCUT2D eigenvalue weighted by Gasteiger charge is 2.23. The summed E-state index contributed by atoms with van der Waals surface area (Å²) in [7, 11) is 0. The standard InChI is InChI=1S/C12H17BrN2/c1-8(7-10-3-4-10)14-11-5-6-12(13)15-9(11)2/h5-6,8,10,14H,3-4,7H2,1-2H3. The molecule has 0 aliphatic heterocycles. The van der Waals surface area contributed by atoms with Gasteiger partial charge in [0.2, 0.25) is 0 Å². The van der Waals surface area contributed by atoms with Crippen LogP contribution in [0.15, 0.2) is 16.7 Å². The quantitative estimate of drug-likeness (QED) is 0.842. The molecule has 0 aromatic carbocycles. The van der Waals surface area contributed by atoms with Gasteiger partial charge in [0.05, 0.1) is 11.4 Å². The van der Waals surface area contributed by atoms with Crippen molar-refractivity contribution in [2.45, 2.75) is 39.2 Å². The molecule has 1 fully saturated rings. The van der Waals surface area contributed by atoms with Gasteiger partial charge in [0.15, 0.2) is 0 Å². The van der Waals surface area contributed by atoms with Gasteiger partial charge in [-0.15, -0.1) is 0 Å². The number of nitrogens with one attached hydrogen (secondary N) is 1. The van der Waals surface area contributed by atoms with E-state index in [0.29, 0.717) is 6.04 Å². The molecule has 1 N–H and O–H groups in total. The second-order valence-electron chi connectivity index (χ2n) is 4.49. The third kappa shape index (κ3) is 3.20. The van der Waals surface area contributed by atoms with Crippen molar-refractivity contribution in [1.29, 1.82) is 0 Å². The van der Waals surface area contributed by atoms with Crippen LogP contribution in [0.25, 0.3) is 0 Å². The van der Waals surface area contributed by atoms with Gasteiger partial charge in [-0.25, -0.2) is 4.98 Å². The van der Waals surface area contributed by atoms with Gasteiger partial charge in [0.1, 0.15) is 4.60 Å². The Kier molecular flexibility index (Phi) is 3.29. The van der Waals surface area contributed by atoms with Crippen molar-refractivity contribution in [3.05, 3.63) is 22.4 Å². The number of aryl methyl sites for hydroxylation is 1. The first-order chi connectivity index (χ1) is 7.15. The van der Waals surface area contributed by atoms with E-state index in [2.05, 4.69) is 39.2 Å². The second kappa shape index (κ2) is 4.52. The van der Waals surface area contributed by atoms with Crippen molar-refractivity contribution in [2.24, 2.45) is 5.92 Å². The average Bonchev–Trinajstić information content (AvgIpc) is 2.94. The van der Waals surface area contributed by atoms with E-state index < -0.39 is 0 Å². The van der Waals surface area contributed by atoms with Crippen LogP contribution in [0.2, 0.25) is 0 Å². The van der Waals surface area contributed by atoms with Gasteiger partial charge in [0.25, 0.3) is 0 Å². The number of pyridine rings is 1. The zero-order valence-electron chi connectivity index (χ0n) is 9.26. The fourth-order valence-corrected chi connectivity index (χ4v) is 2.26. The lowest BCUT2D eigenvalue weighted by molar-refractivity contribution is 0.641. The molecular weight excluding hydrogens is 252 g/mol. The summed E-state index contributed by atoms with van der Waals surface area (Å²) in [5, 5.41) is 3.53. The van der Waals surface area contributed by atoms with E-state index in [1.165, 1.54) is 19.3 Å². The molecule has 0 radical (unpaired) electrons. The molecule has 0 bridgehead atoms. The van der Waals surface area contributed by atoms with E-state index in [4.69, 9.17) is 0 Å². The fourth-order valence-electron chi connectivity index (χ4n) is 1.86. The molecular formula is C12H17BrN2. The van der Waals surface area contributed by atoms with Crippen molar-refractivity contribution in [3.8, 4) is 0 Å². The Labute approximate surface area is 99.6 Å². The van der Waals surface area contributed by atoms with E-state index in [9.17, 15) is 0 Å². The van der Waals surface area contributed by atoms with Crippen LogP contribution in [-0.2, 0) is 0 Å². The molecule has 1 aliphatic carbocycles. The minimum atomic E-state index is 0.555. The maximum Gasteiger partial charge on any atom is 0.106 e. The van der Waals surface area contributed by atoms with Crippen molar-refractivity contribution < 1.29 is 0 Å². The number of nitrogens with zero attached hydrogens (tertiary/aromatic N) is 1. The summed E-state index contributed by atoms with van der Waals surface area (Å²) >= 11 is 3.37. The largest absolute Gasteiger partial charge is 0.381 e. The zero-order chi connectivity index (χ0) is 10.8. The molecule has 0 spiro atoms. The predicted molar refractivity (Wildman–Crippen MR) is 67.1 cm³/mol. The Balaban J connectivity index is 1.96. The Morgan fingerprint density at radius 2 is 2.27 bits per heavy atom. The average molecular weight is 269 g/mol. The topological polar surface area (TPSA) is 24.9 Å². The predicted octanol–water partition coefficient (Wildman–Crippen LogP) is 3.75. The number of hydrogen-bond donors (Lipinski definition) is 1. The van der Waals surface area contributed by atoms with E-state index in [-0.39, 0.29) is 0 Å². The first kappa shape index (κ1) is 10.9. The normalized spacial score (nSPS) is 17.5. The summed E-state index contributed by atoms with van der Waals surface area (Å²) in [4.78, 5) is 4.38. The van der Waals surface area contributed by atoms with E-state index in [1.54, 1.807) is 0 Å². The van der Waals surface area contributed by atoms with Gasteiger partial charge in [0, 0.05) is 6.04 Å². The highest BCUT2D eigenvalue weighted by Crippen LogP contribution is 2.34. The lowest BCUT2D eigenvalue weighted by atomic mass is 10.1.